The maximum absolute atomic E-state index is 11.5. The van der Waals surface area contributed by atoms with E-state index in [9.17, 15) is 4.79 Å². The average Bonchev–Trinajstić information content (AvgIpc) is 2.26. The van der Waals surface area contributed by atoms with Gasteiger partial charge in [0.25, 0.3) is 0 Å². The first-order valence-electron chi connectivity index (χ1n) is 5.76. The quantitative estimate of drug-likeness (QED) is 0.791. The van der Waals surface area contributed by atoms with Crippen LogP contribution in [0.15, 0.2) is 29.2 Å². The largest absolute Gasteiger partial charge is 0.353 e. The summed E-state index contributed by atoms with van der Waals surface area (Å²) in [6.07, 6.45) is 0. The summed E-state index contributed by atoms with van der Waals surface area (Å²) < 4.78 is 0. The third-order valence-electron chi connectivity index (χ3n) is 2.20. The Morgan fingerprint density at radius 3 is 2.71 bits per heavy atom. The predicted octanol–water partition coefficient (Wildman–Crippen LogP) is 2.32. The number of hydrogen-bond donors (Lipinski definition) is 2. The number of rotatable bonds is 5. The van der Waals surface area contributed by atoms with E-state index in [0.29, 0.717) is 5.75 Å². The van der Waals surface area contributed by atoms with Gasteiger partial charge < -0.3 is 11.1 Å². The summed E-state index contributed by atoms with van der Waals surface area (Å²) in [5.41, 5.74) is 6.91. The van der Waals surface area contributed by atoms with Crippen molar-refractivity contribution in [2.75, 3.05) is 5.75 Å². The fraction of sp³-hybridized carbons (Fsp3) is 0.462. The zero-order valence-electron chi connectivity index (χ0n) is 10.6. The minimum atomic E-state index is 0.0278. The standard InChI is InChI=1S/C13H20N2OS/c1-9(2)15-13(16)8-17-12-6-4-5-11(7-12)10(3)14/h4-7,9-10H,8,14H2,1-3H3,(H,15,16). The maximum atomic E-state index is 11.5. The van der Waals surface area contributed by atoms with Gasteiger partial charge in [-0.15, -0.1) is 11.8 Å². The lowest BCUT2D eigenvalue weighted by Crippen LogP contribution is -2.31. The molecule has 1 unspecified atom stereocenters. The number of nitrogens with two attached hydrogens (primary N) is 1. The summed E-state index contributed by atoms with van der Waals surface area (Å²) in [6.45, 7) is 5.87. The van der Waals surface area contributed by atoms with Crippen LogP contribution in [0.5, 0.6) is 0 Å². The number of carbonyl (C=O) groups is 1. The summed E-state index contributed by atoms with van der Waals surface area (Å²) in [7, 11) is 0. The van der Waals surface area contributed by atoms with Crippen molar-refractivity contribution in [3.05, 3.63) is 29.8 Å². The van der Waals surface area contributed by atoms with Gasteiger partial charge in [-0.1, -0.05) is 12.1 Å². The van der Waals surface area contributed by atoms with E-state index in [1.807, 2.05) is 45.0 Å². The topological polar surface area (TPSA) is 55.1 Å². The monoisotopic (exact) mass is 252 g/mol. The molecule has 0 radical (unpaired) electrons. The minimum absolute atomic E-state index is 0.0278. The molecule has 0 saturated heterocycles. The lowest BCUT2D eigenvalue weighted by atomic mass is 10.1. The molecule has 17 heavy (non-hydrogen) atoms. The third-order valence-corrected chi connectivity index (χ3v) is 3.20. The Morgan fingerprint density at radius 2 is 2.12 bits per heavy atom. The summed E-state index contributed by atoms with van der Waals surface area (Å²) in [5, 5.41) is 2.87. The summed E-state index contributed by atoms with van der Waals surface area (Å²) >= 11 is 1.53. The Morgan fingerprint density at radius 1 is 1.41 bits per heavy atom. The second kappa shape index (κ2) is 6.67. The van der Waals surface area contributed by atoms with E-state index in [2.05, 4.69) is 5.32 Å². The van der Waals surface area contributed by atoms with Gasteiger partial charge in [0.1, 0.15) is 0 Å². The molecule has 94 valence electrons. The van der Waals surface area contributed by atoms with Crippen LogP contribution in [0.3, 0.4) is 0 Å². The smallest absolute Gasteiger partial charge is 0.230 e. The molecule has 3 N–H and O–H groups in total. The molecule has 1 amide bonds. The van der Waals surface area contributed by atoms with Crippen LogP contribution in [0.25, 0.3) is 0 Å². The lowest BCUT2D eigenvalue weighted by Gasteiger charge is -2.09. The number of nitrogens with one attached hydrogen (secondary N) is 1. The number of benzene rings is 1. The molecule has 0 aliphatic heterocycles. The van der Waals surface area contributed by atoms with Crippen molar-refractivity contribution >= 4 is 17.7 Å². The zero-order chi connectivity index (χ0) is 12.8. The van der Waals surface area contributed by atoms with Crippen molar-refractivity contribution in [2.24, 2.45) is 5.73 Å². The van der Waals surface area contributed by atoms with E-state index >= 15 is 0 Å². The van der Waals surface area contributed by atoms with E-state index in [1.165, 1.54) is 11.8 Å². The molecular formula is C13H20N2OS. The number of hydrogen-bond acceptors (Lipinski definition) is 3. The molecule has 1 aromatic rings. The molecule has 0 bridgehead atoms. The van der Waals surface area contributed by atoms with Crippen LogP contribution >= 0.6 is 11.8 Å². The first-order chi connectivity index (χ1) is 7.99. The molecule has 0 aromatic heterocycles. The third kappa shape index (κ3) is 5.24. The highest BCUT2D eigenvalue weighted by Gasteiger charge is 2.05. The van der Waals surface area contributed by atoms with Crippen LogP contribution in [-0.4, -0.2) is 17.7 Å². The van der Waals surface area contributed by atoms with Crippen LogP contribution in [0, 0.1) is 0 Å². The van der Waals surface area contributed by atoms with E-state index in [-0.39, 0.29) is 18.0 Å². The summed E-state index contributed by atoms with van der Waals surface area (Å²) in [6, 6.07) is 8.24. The molecule has 0 heterocycles. The van der Waals surface area contributed by atoms with Gasteiger partial charge in [0, 0.05) is 17.0 Å². The number of thioether (sulfide) groups is 1. The average molecular weight is 252 g/mol. The molecule has 1 atom stereocenters. The number of amides is 1. The van der Waals surface area contributed by atoms with Crippen LogP contribution in [0.1, 0.15) is 32.4 Å². The highest BCUT2D eigenvalue weighted by molar-refractivity contribution is 8.00. The van der Waals surface area contributed by atoms with Crippen LogP contribution < -0.4 is 11.1 Å². The van der Waals surface area contributed by atoms with Crippen LogP contribution in [-0.2, 0) is 4.79 Å². The Hall–Kier alpha value is -1.00. The molecule has 0 saturated carbocycles. The Bertz CT molecular complexity index is 377. The Balaban J connectivity index is 2.52. The summed E-state index contributed by atoms with van der Waals surface area (Å²) in [5.74, 6) is 0.511. The molecular weight excluding hydrogens is 232 g/mol. The first-order valence-corrected chi connectivity index (χ1v) is 6.75. The van der Waals surface area contributed by atoms with E-state index in [1.54, 1.807) is 0 Å². The Labute approximate surface area is 107 Å². The van der Waals surface area contributed by atoms with E-state index < -0.39 is 0 Å². The molecule has 3 nitrogen and oxygen atoms in total. The van der Waals surface area contributed by atoms with Crippen molar-refractivity contribution in [3.8, 4) is 0 Å². The second-order valence-corrected chi connectivity index (χ2v) is 5.42. The molecule has 0 aliphatic rings. The molecule has 0 aliphatic carbocycles. The molecule has 0 spiro atoms. The molecule has 1 rings (SSSR count). The van der Waals surface area contributed by atoms with Gasteiger partial charge in [-0.3, -0.25) is 4.79 Å². The molecule has 1 aromatic carbocycles. The molecule has 0 fully saturated rings. The van der Waals surface area contributed by atoms with E-state index in [0.717, 1.165) is 10.5 Å². The second-order valence-electron chi connectivity index (χ2n) is 4.37. The van der Waals surface area contributed by atoms with Crippen molar-refractivity contribution in [1.29, 1.82) is 0 Å². The highest BCUT2D eigenvalue weighted by atomic mass is 32.2. The van der Waals surface area contributed by atoms with Gasteiger partial charge in [0.2, 0.25) is 5.91 Å². The van der Waals surface area contributed by atoms with Crippen molar-refractivity contribution in [1.82, 2.24) is 5.32 Å². The first kappa shape index (κ1) is 14.1. The van der Waals surface area contributed by atoms with E-state index in [4.69, 9.17) is 5.73 Å². The fourth-order valence-electron chi connectivity index (χ4n) is 1.40. The van der Waals surface area contributed by atoms with Crippen LogP contribution in [0.2, 0.25) is 0 Å². The minimum Gasteiger partial charge on any atom is -0.353 e. The van der Waals surface area contributed by atoms with Crippen molar-refractivity contribution < 1.29 is 4.79 Å². The van der Waals surface area contributed by atoms with Gasteiger partial charge in [-0.25, -0.2) is 0 Å². The lowest BCUT2D eigenvalue weighted by molar-refractivity contribution is -0.119. The summed E-state index contributed by atoms with van der Waals surface area (Å²) in [4.78, 5) is 12.6. The van der Waals surface area contributed by atoms with Gasteiger partial charge in [0.15, 0.2) is 0 Å². The van der Waals surface area contributed by atoms with Gasteiger partial charge in [-0.05, 0) is 38.5 Å². The van der Waals surface area contributed by atoms with Crippen molar-refractivity contribution in [3.63, 3.8) is 0 Å². The van der Waals surface area contributed by atoms with Gasteiger partial charge in [0.05, 0.1) is 5.75 Å². The highest BCUT2D eigenvalue weighted by Crippen LogP contribution is 2.21. The SMILES string of the molecule is CC(C)NC(=O)CSc1cccc(C(C)N)c1. The zero-order valence-corrected chi connectivity index (χ0v) is 11.4. The predicted molar refractivity (Wildman–Crippen MR) is 73.0 cm³/mol. The fourth-order valence-corrected chi connectivity index (χ4v) is 2.18. The molecule has 4 heteroatoms. The van der Waals surface area contributed by atoms with Gasteiger partial charge >= 0.3 is 0 Å². The maximum Gasteiger partial charge on any atom is 0.230 e. The Kier molecular flexibility index (Phi) is 5.51. The normalized spacial score (nSPS) is 12.5. The van der Waals surface area contributed by atoms with Crippen LogP contribution in [0.4, 0.5) is 0 Å². The van der Waals surface area contributed by atoms with Gasteiger partial charge in [-0.2, -0.15) is 0 Å². The van der Waals surface area contributed by atoms with Crippen molar-refractivity contribution in [2.45, 2.75) is 37.8 Å². The number of carbonyl (C=O) groups excluding carboxylic acids is 1.